The van der Waals surface area contributed by atoms with Gasteiger partial charge in [-0.1, -0.05) is 0 Å². The Hall–Kier alpha value is -1.89. The van der Waals surface area contributed by atoms with Crippen LogP contribution in [-0.2, 0) is 0 Å². The van der Waals surface area contributed by atoms with Crippen molar-refractivity contribution in [3.63, 3.8) is 0 Å². The van der Waals surface area contributed by atoms with Crippen LogP contribution in [0.2, 0.25) is 0 Å². The summed E-state index contributed by atoms with van der Waals surface area (Å²) in [7, 11) is 0. The van der Waals surface area contributed by atoms with Crippen LogP contribution in [0.1, 0.15) is 19.3 Å². The number of H-pyrrole nitrogens is 1. The van der Waals surface area contributed by atoms with E-state index in [1.807, 2.05) is 6.07 Å². The van der Waals surface area contributed by atoms with Gasteiger partial charge in [0.15, 0.2) is 5.65 Å². The van der Waals surface area contributed by atoms with Gasteiger partial charge in [-0.15, -0.1) is 5.10 Å². The zero-order valence-electron chi connectivity index (χ0n) is 9.91. The molecule has 96 valence electrons. The highest BCUT2D eigenvalue weighted by Crippen LogP contribution is 2.27. The highest BCUT2D eigenvalue weighted by atomic mass is 16.3. The van der Waals surface area contributed by atoms with E-state index in [-0.39, 0.29) is 12.3 Å². The number of anilines is 1. The zero-order valence-corrected chi connectivity index (χ0v) is 9.91. The van der Waals surface area contributed by atoms with Gasteiger partial charge < -0.3 is 10.0 Å². The van der Waals surface area contributed by atoms with E-state index in [1.54, 1.807) is 6.07 Å². The van der Waals surface area contributed by atoms with Crippen molar-refractivity contribution < 1.29 is 5.11 Å². The summed E-state index contributed by atoms with van der Waals surface area (Å²) in [5, 5.41) is 19.6. The lowest BCUT2D eigenvalue weighted by molar-refractivity contribution is 0.282. The number of fused-ring (bicyclic) bond motifs is 1. The summed E-state index contributed by atoms with van der Waals surface area (Å²) in [4.78, 5) is 13.5. The SMILES string of the molecule is O=c1[nH]nc2ccc(N(CCO)C3CCC3)nn12. The summed E-state index contributed by atoms with van der Waals surface area (Å²) in [6.07, 6.45) is 3.43. The first-order chi connectivity index (χ1) is 8.79. The molecule has 2 aromatic heterocycles. The van der Waals surface area contributed by atoms with Gasteiger partial charge in [0.05, 0.1) is 6.61 Å². The summed E-state index contributed by atoms with van der Waals surface area (Å²) >= 11 is 0. The van der Waals surface area contributed by atoms with E-state index in [4.69, 9.17) is 5.11 Å². The van der Waals surface area contributed by atoms with Gasteiger partial charge in [0.25, 0.3) is 0 Å². The molecule has 0 aromatic carbocycles. The topological polar surface area (TPSA) is 86.5 Å². The Balaban J connectivity index is 1.99. The lowest BCUT2D eigenvalue weighted by Gasteiger charge is -2.37. The van der Waals surface area contributed by atoms with Gasteiger partial charge in [-0.3, -0.25) is 0 Å². The van der Waals surface area contributed by atoms with Crippen LogP contribution in [0.25, 0.3) is 5.65 Å². The number of aromatic nitrogens is 4. The zero-order chi connectivity index (χ0) is 12.5. The van der Waals surface area contributed by atoms with Crippen molar-refractivity contribution in [2.24, 2.45) is 0 Å². The molecular formula is C11H15N5O2. The monoisotopic (exact) mass is 249 g/mol. The maximum Gasteiger partial charge on any atom is 0.364 e. The molecule has 2 aromatic rings. The minimum Gasteiger partial charge on any atom is -0.395 e. The minimum absolute atomic E-state index is 0.0799. The Labute approximate surface area is 103 Å². The molecule has 0 saturated heterocycles. The fourth-order valence-corrected chi connectivity index (χ4v) is 2.24. The second-order valence-electron chi connectivity index (χ2n) is 4.49. The molecule has 0 spiro atoms. The average molecular weight is 249 g/mol. The molecule has 7 heteroatoms. The molecule has 0 amide bonds. The molecule has 7 nitrogen and oxygen atoms in total. The molecule has 2 heterocycles. The van der Waals surface area contributed by atoms with E-state index >= 15 is 0 Å². The van der Waals surface area contributed by atoms with Crippen molar-refractivity contribution in [3.05, 3.63) is 22.6 Å². The van der Waals surface area contributed by atoms with E-state index in [1.165, 1.54) is 10.9 Å². The maximum atomic E-state index is 11.5. The van der Waals surface area contributed by atoms with E-state index < -0.39 is 0 Å². The summed E-state index contributed by atoms with van der Waals surface area (Å²) in [6, 6.07) is 4.01. The van der Waals surface area contributed by atoms with Crippen LogP contribution in [0.3, 0.4) is 0 Å². The highest BCUT2D eigenvalue weighted by molar-refractivity contribution is 5.46. The Morgan fingerprint density at radius 3 is 3.00 bits per heavy atom. The Bertz CT molecular complexity index is 601. The largest absolute Gasteiger partial charge is 0.395 e. The molecule has 3 rings (SSSR count). The van der Waals surface area contributed by atoms with E-state index in [9.17, 15) is 4.79 Å². The van der Waals surface area contributed by atoms with E-state index in [0.717, 1.165) is 12.8 Å². The third-order valence-electron chi connectivity index (χ3n) is 3.41. The number of hydrogen-bond acceptors (Lipinski definition) is 5. The standard InChI is InChI=1S/C11H15N5O2/c17-7-6-15(8-2-1-3-8)10-5-4-9-12-13-11(18)16(9)14-10/h4-5,8,17H,1-3,6-7H2,(H,13,18). The van der Waals surface area contributed by atoms with Crippen LogP contribution in [0.4, 0.5) is 5.82 Å². The summed E-state index contributed by atoms with van der Waals surface area (Å²) in [5.41, 5.74) is 0.158. The number of aliphatic hydroxyl groups is 1. The predicted octanol–water partition coefficient (Wildman–Crippen LogP) is -0.231. The third-order valence-corrected chi connectivity index (χ3v) is 3.41. The molecule has 0 bridgehead atoms. The predicted molar refractivity (Wildman–Crippen MR) is 65.7 cm³/mol. The van der Waals surface area contributed by atoms with Gasteiger partial charge in [0.2, 0.25) is 0 Å². The van der Waals surface area contributed by atoms with Crippen molar-refractivity contribution in [1.82, 2.24) is 19.8 Å². The number of aliphatic hydroxyl groups excluding tert-OH is 1. The van der Waals surface area contributed by atoms with Crippen LogP contribution in [0.5, 0.6) is 0 Å². The molecule has 1 aliphatic rings. The molecular weight excluding hydrogens is 234 g/mol. The van der Waals surface area contributed by atoms with Crippen molar-refractivity contribution in [1.29, 1.82) is 0 Å². The van der Waals surface area contributed by atoms with Crippen molar-refractivity contribution in [2.75, 3.05) is 18.1 Å². The molecule has 0 radical (unpaired) electrons. The smallest absolute Gasteiger partial charge is 0.364 e. The number of hydrogen-bond donors (Lipinski definition) is 2. The van der Waals surface area contributed by atoms with Crippen LogP contribution in [0.15, 0.2) is 16.9 Å². The van der Waals surface area contributed by atoms with Gasteiger partial charge in [-0.05, 0) is 31.4 Å². The fraction of sp³-hybridized carbons (Fsp3) is 0.545. The second kappa shape index (κ2) is 4.41. The van der Waals surface area contributed by atoms with Crippen LogP contribution in [0, 0.1) is 0 Å². The van der Waals surface area contributed by atoms with Crippen molar-refractivity contribution in [2.45, 2.75) is 25.3 Å². The van der Waals surface area contributed by atoms with E-state index in [0.29, 0.717) is 24.1 Å². The number of nitrogens with zero attached hydrogens (tertiary/aromatic N) is 4. The van der Waals surface area contributed by atoms with Crippen molar-refractivity contribution in [3.8, 4) is 0 Å². The van der Waals surface area contributed by atoms with Gasteiger partial charge in [-0.2, -0.15) is 9.61 Å². The number of rotatable bonds is 4. The molecule has 0 atom stereocenters. The quantitative estimate of drug-likeness (QED) is 0.781. The molecule has 18 heavy (non-hydrogen) atoms. The van der Waals surface area contributed by atoms with E-state index in [2.05, 4.69) is 20.2 Å². The maximum absolute atomic E-state index is 11.5. The average Bonchev–Trinajstić information content (AvgIpc) is 2.68. The lowest BCUT2D eigenvalue weighted by Crippen LogP contribution is -2.42. The van der Waals surface area contributed by atoms with Crippen LogP contribution in [-0.4, -0.2) is 44.1 Å². The molecule has 1 aliphatic carbocycles. The van der Waals surface area contributed by atoms with Crippen LogP contribution >= 0.6 is 0 Å². The first-order valence-corrected chi connectivity index (χ1v) is 6.11. The normalized spacial score (nSPS) is 15.8. The molecule has 1 fully saturated rings. The molecule has 0 aliphatic heterocycles. The molecule has 1 saturated carbocycles. The van der Waals surface area contributed by atoms with Gasteiger partial charge in [0.1, 0.15) is 5.82 Å². The second-order valence-corrected chi connectivity index (χ2v) is 4.49. The number of nitrogens with one attached hydrogen (secondary N) is 1. The Morgan fingerprint density at radius 2 is 2.33 bits per heavy atom. The van der Waals surface area contributed by atoms with Crippen molar-refractivity contribution >= 4 is 11.5 Å². The fourth-order valence-electron chi connectivity index (χ4n) is 2.24. The minimum atomic E-state index is -0.343. The van der Waals surface area contributed by atoms with Gasteiger partial charge in [-0.25, -0.2) is 9.89 Å². The molecule has 0 unspecified atom stereocenters. The molecule has 2 N–H and O–H groups in total. The first kappa shape index (κ1) is 11.2. The lowest BCUT2D eigenvalue weighted by atomic mass is 9.91. The number of aromatic amines is 1. The van der Waals surface area contributed by atoms with Crippen LogP contribution < -0.4 is 10.6 Å². The summed E-state index contributed by atoms with van der Waals surface area (Å²) in [6.45, 7) is 0.617. The van der Waals surface area contributed by atoms with Gasteiger partial charge >= 0.3 is 5.69 Å². The van der Waals surface area contributed by atoms with Gasteiger partial charge in [0, 0.05) is 12.6 Å². The Kier molecular flexibility index (Phi) is 2.75. The Morgan fingerprint density at radius 1 is 1.50 bits per heavy atom. The summed E-state index contributed by atoms with van der Waals surface area (Å²) < 4.78 is 1.25. The third kappa shape index (κ3) is 1.76. The highest BCUT2D eigenvalue weighted by Gasteiger charge is 2.26. The summed E-state index contributed by atoms with van der Waals surface area (Å²) in [5.74, 6) is 0.713. The first-order valence-electron chi connectivity index (χ1n) is 6.11.